The van der Waals surface area contributed by atoms with Crippen molar-refractivity contribution >= 4 is 29.3 Å². The normalized spacial score (nSPS) is 37.6. The summed E-state index contributed by atoms with van der Waals surface area (Å²) in [5, 5.41) is 25.3. The van der Waals surface area contributed by atoms with Gasteiger partial charge >= 0.3 is 6.09 Å². The third-order valence-corrected chi connectivity index (χ3v) is 8.36. The number of benzene rings is 1. The molecular formula is C28H37ClN2O8. The van der Waals surface area contributed by atoms with E-state index in [2.05, 4.69) is 5.32 Å². The van der Waals surface area contributed by atoms with E-state index in [9.17, 15) is 19.8 Å². The summed E-state index contributed by atoms with van der Waals surface area (Å²) >= 11 is 6.58. The van der Waals surface area contributed by atoms with E-state index >= 15 is 0 Å². The van der Waals surface area contributed by atoms with E-state index < -0.39 is 47.8 Å². The maximum absolute atomic E-state index is 13.3. The maximum Gasteiger partial charge on any atom is 0.409 e. The van der Waals surface area contributed by atoms with Crippen LogP contribution in [-0.2, 0) is 25.4 Å². The minimum Gasteiger partial charge on any atom is -0.495 e. The Kier molecular flexibility index (Phi) is 8.35. The number of hydrogen-bond donors (Lipinski definition) is 3. The van der Waals surface area contributed by atoms with Crippen molar-refractivity contribution in [1.29, 1.82) is 0 Å². The standard InChI is InChI=1S/C28H37ClN2O8/c1-15-8-7-9-22(37-6)28(35)14-20(38-26(34)30-28)16(2)25-27(3,39-25)21(32)13-23(33)31(4)18-11-17(10-15)12-19(36-5)24(18)29/h7-9,11-12,16,20-22,25,32,35H,10,13-14H2,1-6H3,(H,30,34)/b9-7+,15-8-/t16-,20-,21-,22-,25+,27+,28+/m1/s1. The molecule has 1 aromatic carbocycles. The van der Waals surface area contributed by atoms with Crippen LogP contribution >= 0.6 is 11.6 Å². The number of aliphatic hydroxyl groups is 2. The molecule has 3 aliphatic rings. The molecule has 39 heavy (non-hydrogen) atoms. The highest BCUT2D eigenvalue weighted by Crippen LogP contribution is 2.48. The zero-order valence-electron chi connectivity index (χ0n) is 23.1. The van der Waals surface area contributed by atoms with E-state index in [-0.39, 0.29) is 23.8 Å². The van der Waals surface area contributed by atoms with Gasteiger partial charge in [0.1, 0.15) is 28.6 Å². The number of amides is 2. The zero-order chi connectivity index (χ0) is 28.7. The molecule has 214 valence electrons. The van der Waals surface area contributed by atoms with E-state index in [1.165, 1.54) is 19.1 Å². The lowest BCUT2D eigenvalue weighted by Gasteiger charge is -2.42. The monoisotopic (exact) mass is 564 g/mol. The van der Waals surface area contributed by atoms with E-state index in [0.717, 1.165) is 11.1 Å². The van der Waals surface area contributed by atoms with E-state index in [4.69, 9.17) is 30.5 Å². The first-order chi connectivity index (χ1) is 18.3. The second-order valence-corrected chi connectivity index (χ2v) is 11.2. The molecule has 0 aromatic heterocycles. The predicted molar refractivity (Wildman–Crippen MR) is 145 cm³/mol. The Labute approximate surface area is 233 Å². The van der Waals surface area contributed by atoms with Gasteiger partial charge in [0.15, 0.2) is 5.72 Å². The van der Waals surface area contributed by atoms with E-state index in [0.29, 0.717) is 17.9 Å². The SMILES string of the molecule is COc1cc2cc(c1Cl)N(C)C(=O)C[C@@H](O)[C@]1(C)O[C@H]1[C@H](C)[C@H]1C[C@@](O)(NC(=O)O1)[C@H](OC)/C=C/C=C(/C)C2. The minimum atomic E-state index is -1.73. The Hall–Kier alpha value is -2.63. The molecule has 0 spiro atoms. The van der Waals surface area contributed by atoms with Crippen LogP contribution in [0.5, 0.6) is 5.75 Å². The molecule has 2 amide bonds. The van der Waals surface area contributed by atoms with Gasteiger partial charge in [-0.1, -0.05) is 42.3 Å². The Balaban J connectivity index is 1.74. The fraction of sp³-hybridized carbons (Fsp3) is 0.571. The average molecular weight is 565 g/mol. The van der Waals surface area contributed by atoms with Crippen LogP contribution in [0, 0.1) is 5.92 Å². The molecule has 11 heteroatoms. The van der Waals surface area contributed by atoms with Crippen molar-refractivity contribution in [2.24, 2.45) is 5.92 Å². The molecule has 7 atom stereocenters. The lowest BCUT2D eigenvalue weighted by atomic mass is 9.84. The number of allylic oxidation sites excluding steroid dienone is 3. The van der Waals surface area contributed by atoms with Gasteiger partial charge in [-0.3, -0.25) is 10.1 Å². The molecular weight excluding hydrogens is 528 g/mol. The summed E-state index contributed by atoms with van der Waals surface area (Å²) in [5.41, 5.74) is -0.479. The van der Waals surface area contributed by atoms with Crippen molar-refractivity contribution in [2.75, 3.05) is 26.2 Å². The fourth-order valence-electron chi connectivity index (χ4n) is 5.46. The first kappa shape index (κ1) is 29.4. The van der Waals surface area contributed by atoms with E-state index in [1.54, 1.807) is 26.1 Å². The number of epoxide rings is 1. The molecule has 0 unspecified atom stereocenters. The molecule has 3 N–H and O–H groups in total. The van der Waals surface area contributed by atoms with Crippen LogP contribution in [0.15, 0.2) is 35.9 Å². The highest BCUT2D eigenvalue weighted by molar-refractivity contribution is 6.35. The summed E-state index contributed by atoms with van der Waals surface area (Å²) in [6, 6.07) is 3.63. The van der Waals surface area contributed by atoms with Gasteiger partial charge in [0.05, 0.1) is 31.4 Å². The molecule has 3 heterocycles. The highest BCUT2D eigenvalue weighted by Gasteiger charge is 2.62. The minimum absolute atomic E-state index is 0.0310. The Morgan fingerprint density at radius 1 is 1.26 bits per heavy atom. The lowest BCUT2D eigenvalue weighted by molar-refractivity contribution is -0.142. The van der Waals surface area contributed by atoms with Crippen molar-refractivity contribution in [3.8, 4) is 5.75 Å². The zero-order valence-corrected chi connectivity index (χ0v) is 23.8. The molecule has 0 saturated carbocycles. The van der Waals surface area contributed by atoms with Gasteiger partial charge in [-0.25, -0.2) is 4.79 Å². The van der Waals surface area contributed by atoms with Crippen molar-refractivity contribution in [1.82, 2.24) is 5.32 Å². The van der Waals surface area contributed by atoms with Gasteiger partial charge in [0.2, 0.25) is 5.91 Å². The predicted octanol–water partition coefficient (Wildman–Crippen LogP) is 3.12. The number of alkyl carbamates (subject to hydrolysis) is 1. The number of nitrogens with one attached hydrogen (secondary N) is 1. The molecule has 3 aliphatic heterocycles. The van der Waals surface area contributed by atoms with Crippen molar-refractivity contribution in [2.45, 2.75) is 75.8 Å². The number of fused-ring (bicyclic) bond motifs is 5. The first-order valence-corrected chi connectivity index (χ1v) is 13.3. The van der Waals surface area contributed by atoms with Crippen LogP contribution in [0.1, 0.15) is 39.2 Å². The molecule has 4 rings (SSSR count). The second kappa shape index (κ2) is 11.1. The number of hydrogen-bond acceptors (Lipinski definition) is 8. The third-order valence-electron chi connectivity index (χ3n) is 7.98. The number of aliphatic hydroxyl groups excluding tert-OH is 1. The first-order valence-electron chi connectivity index (χ1n) is 12.9. The number of halogens is 1. The van der Waals surface area contributed by atoms with Crippen molar-refractivity contribution < 1.29 is 38.7 Å². The molecule has 2 fully saturated rings. The van der Waals surface area contributed by atoms with Crippen molar-refractivity contribution in [3.05, 3.63) is 46.5 Å². The number of ether oxygens (including phenoxy) is 4. The topological polar surface area (TPSA) is 130 Å². The second-order valence-electron chi connectivity index (χ2n) is 10.8. The van der Waals surface area contributed by atoms with Crippen LogP contribution in [0.3, 0.4) is 0 Å². The van der Waals surface area contributed by atoms with Gasteiger partial charge in [0.25, 0.3) is 0 Å². The van der Waals surface area contributed by atoms with Crippen LogP contribution in [0.4, 0.5) is 10.5 Å². The summed E-state index contributed by atoms with van der Waals surface area (Å²) in [6.45, 7) is 5.48. The van der Waals surface area contributed by atoms with E-state index in [1.807, 2.05) is 32.1 Å². The fourth-order valence-corrected chi connectivity index (χ4v) is 5.78. The number of anilines is 1. The van der Waals surface area contributed by atoms with Crippen LogP contribution < -0.4 is 15.0 Å². The summed E-state index contributed by atoms with van der Waals surface area (Å²) in [7, 11) is 4.56. The number of carbonyl (C=O) groups excluding carboxylic acids is 2. The largest absolute Gasteiger partial charge is 0.495 e. The summed E-state index contributed by atoms with van der Waals surface area (Å²) in [4.78, 5) is 27.1. The quantitative estimate of drug-likeness (QED) is 0.467. The highest BCUT2D eigenvalue weighted by atomic mass is 35.5. The number of carbonyl (C=O) groups is 2. The van der Waals surface area contributed by atoms with Crippen LogP contribution in [0.2, 0.25) is 5.02 Å². The molecule has 0 aliphatic carbocycles. The number of rotatable bonds is 2. The summed E-state index contributed by atoms with van der Waals surface area (Å²) in [6.07, 6.45) is 1.63. The summed E-state index contributed by atoms with van der Waals surface area (Å²) in [5.74, 6) is -0.323. The third kappa shape index (κ3) is 5.81. The Morgan fingerprint density at radius 2 is 1.97 bits per heavy atom. The maximum atomic E-state index is 13.3. The van der Waals surface area contributed by atoms with Gasteiger partial charge in [-0.15, -0.1) is 0 Å². The molecule has 10 nitrogen and oxygen atoms in total. The van der Waals surface area contributed by atoms with Gasteiger partial charge in [0, 0.05) is 26.5 Å². The average Bonchev–Trinajstić information content (AvgIpc) is 3.58. The van der Waals surface area contributed by atoms with Gasteiger partial charge in [-0.2, -0.15) is 0 Å². The number of methoxy groups -OCH3 is 2. The van der Waals surface area contributed by atoms with Crippen LogP contribution in [0.25, 0.3) is 0 Å². The Morgan fingerprint density at radius 3 is 2.64 bits per heavy atom. The van der Waals surface area contributed by atoms with Gasteiger partial charge in [-0.05, 0) is 38.0 Å². The molecule has 4 bridgehead atoms. The smallest absolute Gasteiger partial charge is 0.409 e. The lowest BCUT2D eigenvalue weighted by Crippen LogP contribution is -2.63. The van der Waals surface area contributed by atoms with Crippen molar-refractivity contribution in [3.63, 3.8) is 0 Å². The molecule has 0 radical (unpaired) electrons. The number of nitrogens with zero attached hydrogens (tertiary/aromatic N) is 1. The molecule has 2 saturated heterocycles. The van der Waals surface area contributed by atoms with Gasteiger partial charge < -0.3 is 34.1 Å². The summed E-state index contributed by atoms with van der Waals surface area (Å²) < 4.78 is 22.4. The Bertz CT molecular complexity index is 1190. The van der Waals surface area contributed by atoms with Crippen LogP contribution in [-0.4, -0.2) is 79.2 Å². The molecule has 1 aromatic rings.